The lowest BCUT2D eigenvalue weighted by Crippen LogP contribution is -2.55. The van der Waals surface area contributed by atoms with Gasteiger partial charge in [0.15, 0.2) is 0 Å². The molecule has 180 valence electrons. The highest BCUT2D eigenvalue weighted by Crippen LogP contribution is 2.64. The summed E-state index contributed by atoms with van der Waals surface area (Å²) >= 11 is 21.7. The average Bonchev–Trinajstić information content (AvgIpc) is 2.69. The summed E-state index contributed by atoms with van der Waals surface area (Å²) in [5.74, 6) is 1.31. The van der Waals surface area contributed by atoms with Crippen LogP contribution in [-0.4, -0.2) is 19.6 Å². The maximum absolute atomic E-state index is 10.8. The second-order valence-corrected chi connectivity index (χ2v) is 15.9. The van der Waals surface area contributed by atoms with E-state index >= 15 is 0 Å². The number of phenols is 1. The van der Waals surface area contributed by atoms with E-state index < -0.39 is 0 Å². The van der Waals surface area contributed by atoms with Gasteiger partial charge in [-0.25, -0.2) is 0 Å². The monoisotopic (exact) mass is 714 g/mol. The Bertz CT molecular complexity index is 866. The third kappa shape index (κ3) is 5.37. The van der Waals surface area contributed by atoms with Gasteiger partial charge in [0, 0.05) is 14.1 Å². The van der Waals surface area contributed by atoms with Gasteiger partial charge >= 0.3 is 0 Å². The molecule has 0 heterocycles. The molecule has 0 aromatic heterocycles. The van der Waals surface area contributed by atoms with Crippen molar-refractivity contribution < 1.29 is 5.11 Å². The third-order valence-electron chi connectivity index (χ3n) is 8.50. The Hall–Kier alpha value is 0.970. The van der Waals surface area contributed by atoms with Crippen LogP contribution in [0, 0.1) is 22.7 Å². The fourth-order valence-electron chi connectivity index (χ4n) is 6.44. The molecule has 0 bridgehead atoms. The number of allylic oxidation sites excluding steroid dienone is 1. The van der Waals surface area contributed by atoms with Crippen LogP contribution in [0.2, 0.25) is 0 Å². The summed E-state index contributed by atoms with van der Waals surface area (Å²) in [6.07, 6.45) is 7.63. The smallest absolute Gasteiger partial charge is 0.133 e. The number of fused-ring (bicyclic) bond motifs is 1. The zero-order valence-electron chi connectivity index (χ0n) is 19.5. The first kappa shape index (κ1) is 27.6. The molecular formula is C26H35Br4ClO. The van der Waals surface area contributed by atoms with E-state index in [0.717, 1.165) is 40.2 Å². The third-order valence-corrected chi connectivity index (χ3v) is 13.2. The Balaban J connectivity index is 1.92. The van der Waals surface area contributed by atoms with Crippen molar-refractivity contribution in [2.24, 2.45) is 22.7 Å². The van der Waals surface area contributed by atoms with E-state index in [1.54, 1.807) is 0 Å². The first-order valence-electron chi connectivity index (χ1n) is 11.5. The predicted molar refractivity (Wildman–Crippen MR) is 153 cm³/mol. The van der Waals surface area contributed by atoms with E-state index in [0.29, 0.717) is 22.4 Å². The van der Waals surface area contributed by atoms with Gasteiger partial charge in [-0.1, -0.05) is 73.8 Å². The predicted octanol–water partition coefficient (Wildman–Crippen LogP) is 10.2. The van der Waals surface area contributed by atoms with Gasteiger partial charge < -0.3 is 5.11 Å². The maximum Gasteiger partial charge on any atom is 0.133 e. The first-order valence-corrected chi connectivity index (χ1v) is 15.3. The van der Waals surface area contributed by atoms with Crippen molar-refractivity contribution in [1.82, 2.24) is 0 Å². The van der Waals surface area contributed by atoms with Crippen LogP contribution < -0.4 is 0 Å². The van der Waals surface area contributed by atoms with Gasteiger partial charge in [-0.2, -0.15) is 0 Å². The summed E-state index contributed by atoms with van der Waals surface area (Å²) < 4.78 is 1.73. The number of rotatable bonds is 6. The van der Waals surface area contributed by atoms with Gasteiger partial charge in [0.1, 0.15) is 5.75 Å². The lowest BCUT2D eigenvalue weighted by Gasteiger charge is -2.61. The lowest BCUT2D eigenvalue weighted by atomic mass is 9.45. The molecule has 32 heavy (non-hydrogen) atoms. The van der Waals surface area contributed by atoms with E-state index in [2.05, 4.69) is 104 Å². The molecule has 0 radical (unpaired) electrons. The minimum atomic E-state index is -0.259. The Morgan fingerprint density at radius 3 is 2.53 bits per heavy atom. The Labute approximate surface area is 233 Å². The number of hydrogen-bond donors (Lipinski definition) is 1. The van der Waals surface area contributed by atoms with E-state index in [-0.39, 0.29) is 20.5 Å². The highest BCUT2D eigenvalue weighted by atomic mass is 79.9. The fourth-order valence-corrected chi connectivity index (χ4v) is 8.87. The summed E-state index contributed by atoms with van der Waals surface area (Å²) in [6.45, 7) is 13.7. The van der Waals surface area contributed by atoms with Gasteiger partial charge in [0.2, 0.25) is 0 Å². The molecule has 1 nitrogen and oxygen atoms in total. The number of aromatic hydroxyl groups is 1. The molecule has 0 saturated heterocycles. The van der Waals surface area contributed by atoms with Crippen molar-refractivity contribution in [3.63, 3.8) is 0 Å². The molecule has 6 heteroatoms. The Morgan fingerprint density at radius 2 is 1.91 bits per heavy atom. The van der Waals surface area contributed by atoms with Gasteiger partial charge in [-0.3, -0.25) is 0 Å². The molecule has 2 fully saturated rings. The molecule has 3 rings (SSSR count). The molecule has 0 amide bonds. The number of halogens is 5. The molecule has 1 N–H and O–H groups in total. The highest BCUT2D eigenvalue weighted by molar-refractivity contribution is 9.11. The second kappa shape index (κ2) is 10.1. The zero-order chi connectivity index (χ0) is 24.1. The van der Waals surface area contributed by atoms with E-state index in [4.69, 9.17) is 11.6 Å². The summed E-state index contributed by atoms with van der Waals surface area (Å²) in [5.41, 5.74) is 2.69. The van der Waals surface area contributed by atoms with Crippen LogP contribution in [-0.2, 0) is 6.42 Å². The van der Waals surface area contributed by atoms with Crippen molar-refractivity contribution in [1.29, 1.82) is 0 Å². The first-order chi connectivity index (χ1) is 14.7. The van der Waals surface area contributed by atoms with Crippen LogP contribution in [0.15, 0.2) is 33.2 Å². The van der Waals surface area contributed by atoms with E-state index in [1.807, 2.05) is 6.07 Å². The second-order valence-electron chi connectivity index (χ2n) is 11.0. The normalized spacial score (nSPS) is 34.3. The quantitative estimate of drug-likeness (QED) is 0.229. The fraction of sp³-hybridized carbons (Fsp3) is 0.692. The minimum absolute atomic E-state index is 0.161. The molecule has 1 aromatic carbocycles. The van der Waals surface area contributed by atoms with Crippen LogP contribution in [0.4, 0.5) is 0 Å². The minimum Gasteiger partial charge on any atom is -0.506 e. The molecule has 1 unspecified atom stereocenters. The van der Waals surface area contributed by atoms with Crippen LogP contribution >= 0.6 is 75.3 Å². The average molecular weight is 719 g/mol. The summed E-state index contributed by atoms with van der Waals surface area (Å²) in [6, 6.07) is 3.97. The molecule has 2 saturated carbocycles. The van der Waals surface area contributed by atoms with Crippen molar-refractivity contribution in [2.45, 2.75) is 87.2 Å². The molecular weight excluding hydrogens is 683 g/mol. The van der Waals surface area contributed by atoms with Crippen molar-refractivity contribution in [3.05, 3.63) is 38.8 Å². The summed E-state index contributed by atoms with van der Waals surface area (Å²) in [5, 5.41) is 10.8. The van der Waals surface area contributed by atoms with Crippen molar-refractivity contribution in [2.75, 3.05) is 0 Å². The van der Waals surface area contributed by atoms with Crippen LogP contribution in [0.3, 0.4) is 0 Å². The van der Waals surface area contributed by atoms with Gasteiger partial charge in [0.05, 0.1) is 9.35 Å². The molecule has 0 aliphatic heterocycles. The molecule has 2 aliphatic rings. The molecule has 1 aromatic rings. The topological polar surface area (TPSA) is 20.2 Å². The number of alkyl halides is 3. The molecule has 2 aliphatic carbocycles. The van der Waals surface area contributed by atoms with Gasteiger partial charge in [0.25, 0.3) is 0 Å². The van der Waals surface area contributed by atoms with Crippen LogP contribution in [0.5, 0.6) is 5.75 Å². The largest absolute Gasteiger partial charge is 0.506 e. The van der Waals surface area contributed by atoms with E-state index in [9.17, 15) is 5.11 Å². The van der Waals surface area contributed by atoms with Crippen molar-refractivity contribution >= 4 is 75.3 Å². The summed E-state index contributed by atoms with van der Waals surface area (Å²) in [7, 11) is 0. The summed E-state index contributed by atoms with van der Waals surface area (Å²) in [4.78, 5) is 0.531. The zero-order valence-corrected chi connectivity index (χ0v) is 26.6. The number of hydrogen-bond acceptors (Lipinski definition) is 1. The highest BCUT2D eigenvalue weighted by Gasteiger charge is 2.57. The Morgan fingerprint density at radius 1 is 1.25 bits per heavy atom. The lowest BCUT2D eigenvalue weighted by molar-refractivity contribution is -0.0601. The molecule has 0 spiro atoms. The number of benzene rings is 1. The van der Waals surface area contributed by atoms with Gasteiger partial charge in [-0.05, 0) is 115 Å². The van der Waals surface area contributed by atoms with Crippen LogP contribution in [0.1, 0.15) is 71.8 Å². The molecule has 6 atom stereocenters. The van der Waals surface area contributed by atoms with Crippen LogP contribution in [0.25, 0.3) is 0 Å². The van der Waals surface area contributed by atoms with E-state index in [1.165, 1.54) is 24.8 Å². The van der Waals surface area contributed by atoms with Crippen molar-refractivity contribution in [3.8, 4) is 5.75 Å². The number of phenolic OH excluding ortho intramolecular Hbond substituents is 1. The Kier molecular flexibility index (Phi) is 8.74. The van der Waals surface area contributed by atoms with Gasteiger partial charge in [-0.15, -0.1) is 11.6 Å². The maximum atomic E-state index is 10.8. The standard InChI is InChI=1S/C26H35Br4ClO/c1-15-6-7-20-25(4,18(15)13-16-12-17(27)14-19(28)23(16)32)10-9-22(30)26(20,5)11-8-21(29)24(2,3)31/h12,14,18,20-22,32H,1,6-11,13H2,2-5H3/t18-,20+,21?,22-,25+,26-/m1/s1. The SMILES string of the molecule is C=C1CC[C@@H]2[C@@](C)(CCC(Br)C(C)(C)Cl)[C@H](Br)CC[C@@]2(C)[C@@H]1Cc1cc(Br)cc(Br)c1O.